The Bertz CT molecular complexity index is 568. The fourth-order valence-corrected chi connectivity index (χ4v) is 1.82. The second-order valence-electron chi connectivity index (χ2n) is 4.27. The Kier molecular flexibility index (Phi) is 3.18. The van der Waals surface area contributed by atoms with Gasteiger partial charge in [-0.3, -0.25) is 14.2 Å². The third kappa shape index (κ3) is 1.90. The molecular weight excluding hydrogens is 232 g/mol. The highest BCUT2D eigenvalue weighted by atomic mass is 16.5. The van der Waals surface area contributed by atoms with Crippen LogP contribution in [0.25, 0.3) is 0 Å². The van der Waals surface area contributed by atoms with E-state index in [1.807, 2.05) is 13.8 Å². The zero-order valence-electron chi connectivity index (χ0n) is 10.9. The minimum absolute atomic E-state index is 0.0843. The first-order chi connectivity index (χ1) is 8.56. The zero-order chi connectivity index (χ0) is 13.3. The number of ether oxygens (including phenoxy) is 1. The molecule has 0 atom stereocenters. The van der Waals surface area contributed by atoms with Crippen molar-refractivity contribution in [2.24, 2.45) is 7.05 Å². The van der Waals surface area contributed by atoms with Crippen LogP contribution in [0.4, 0.5) is 0 Å². The first-order valence-electron chi connectivity index (χ1n) is 5.70. The van der Waals surface area contributed by atoms with Crippen molar-refractivity contribution >= 4 is 5.78 Å². The van der Waals surface area contributed by atoms with Crippen molar-refractivity contribution in [3.8, 4) is 5.75 Å². The minimum atomic E-state index is -0.141. The lowest BCUT2D eigenvalue weighted by atomic mass is 10.2. The van der Waals surface area contributed by atoms with Crippen molar-refractivity contribution in [1.82, 2.24) is 19.6 Å². The molecule has 0 spiro atoms. The van der Waals surface area contributed by atoms with Gasteiger partial charge in [0, 0.05) is 19.3 Å². The molecule has 0 radical (unpaired) electrons. The molecule has 0 amide bonds. The topological polar surface area (TPSA) is 61.9 Å². The summed E-state index contributed by atoms with van der Waals surface area (Å²) in [7, 11) is 3.26. The lowest BCUT2D eigenvalue weighted by Gasteiger charge is -2.11. The molecule has 2 heterocycles. The number of methoxy groups -OCH3 is 1. The van der Waals surface area contributed by atoms with Crippen LogP contribution in [0.2, 0.25) is 0 Å². The van der Waals surface area contributed by atoms with Crippen molar-refractivity contribution in [1.29, 1.82) is 0 Å². The van der Waals surface area contributed by atoms with Gasteiger partial charge in [0.15, 0.2) is 11.4 Å². The van der Waals surface area contributed by atoms with E-state index in [-0.39, 0.29) is 11.8 Å². The zero-order valence-corrected chi connectivity index (χ0v) is 10.9. The van der Waals surface area contributed by atoms with Crippen LogP contribution in [-0.4, -0.2) is 32.5 Å². The van der Waals surface area contributed by atoms with Gasteiger partial charge in [0.1, 0.15) is 5.69 Å². The summed E-state index contributed by atoms with van der Waals surface area (Å²) in [6.45, 7) is 3.93. The molecule has 96 valence electrons. The number of hydrogen-bond acceptors (Lipinski definition) is 4. The monoisotopic (exact) mass is 248 g/mol. The molecule has 0 saturated heterocycles. The van der Waals surface area contributed by atoms with E-state index in [1.165, 1.54) is 7.11 Å². The van der Waals surface area contributed by atoms with Crippen LogP contribution >= 0.6 is 0 Å². The Morgan fingerprint density at radius 3 is 2.61 bits per heavy atom. The molecule has 18 heavy (non-hydrogen) atoms. The fraction of sp³-hybridized carbons (Fsp3) is 0.417. The maximum Gasteiger partial charge on any atom is 0.232 e. The van der Waals surface area contributed by atoms with E-state index < -0.39 is 0 Å². The van der Waals surface area contributed by atoms with Gasteiger partial charge in [-0.05, 0) is 19.9 Å². The Morgan fingerprint density at radius 1 is 1.39 bits per heavy atom. The number of aryl methyl sites for hydroxylation is 1. The molecule has 6 heteroatoms. The first kappa shape index (κ1) is 12.3. The SMILES string of the molecule is COc1cnn(C(C)C)c1C(=O)c1ccnn1C. The minimum Gasteiger partial charge on any atom is -0.493 e. The molecule has 0 unspecified atom stereocenters. The molecule has 0 saturated carbocycles. The predicted octanol–water partition coefficient (Wildman–Crippen LogP) is 1.44. The summed E-state index contributed by atoms with van der Waals surface area (Å²) < 4.78 is 8.40. The molecular formula is C12H16N4O2. The number of nitrogens with zero attached hydrogens (tertiary/aromatic N) is 4. The van der Waals surface area contributed by atoms with Gasteiger partial charge >= 0.3 is 0 Å². The Labute approximate surface area is 105 Å². The van der Waals surface area contributed by atoms with Crippen molar-refractivity contribution in [3.05, 3.63) is 29.8 Å². The summed E-state index contributed by atoms with van der Waals surface area (Å²) >= 11 is 0. The van der Waals surface area contributed by atoms with E-state index in [0.29, 0.717) is 17.1 Å². The van der Waals surface area contributed by atoms with Gasteiger partial charge in [-0.2, -0.15) is 10.2 Å². The van der Waals surface area contributed by atoms with Crippen molar-refractivity contribution in [2.45, 2.75) is 19.9 Å². The summed E-state index contributed by atoms with van der Waals surface area (Å²) in [4.78, 5) is 12.5. The van der Waals surface area contributed by atoms with Crippen LogP contribution < -0.4 is 4.74 Å². The van der Waals surface area contributed by atoms with Crippen LogP contribution in [0.3, 0.4) is 0 Å². The summed E-state index contributed by atoms with van der Waals surface area (Å²) in [5.41, 5.74) is 0.965. The quantitative estimate of drug-likeness (QED) is 0.768. The van der Waals surface area contributed by atoms with Gasteiger partial charge < -0.3 is 4.74 Å². The predicted molar refractivity (Wildman–Crippen MR) is 65.8 cm³/mol. The van der Waals surface area contributed by atoms with E-state index in [2.05, 4.69) is 10.2 Å². The molecule has 6 nitrogen and oxygen atoms in total. The van der Waals surface area contributed by atoms with E-state index in [0.717, 1.165) is 0 Å². The van der Waals surface area contributed by atoms with E-state index >= 15 is 0 Å². The normalized spacial score (nSPS) is 10.9. The van der Waals surface area contributed by atoms with E-state index in [4.69, 9.17) is 4.74 Å². The summed E-state index contributed by atoms with van der Waals surface area (Å²) in [5, 5.41) is 8.19. The van der Waals surface area contributed by atoms with Gasteiger partial charge in [-0.15, -0.1) is 0 Å². The number of carbonyl (C=O) groups is 1. The molecule has 0 bridgehead atoms. The van der Waals surface area contributed by atoms with Crippen molar-refractivity contribution in [2.75, 3.05) is 7.11 Å². The molecule has 0 aliphatic carbocycles. The van der Waals surface area contributed by atoms with Crippen LogP contribution in [-0.2, 0) is 7.05 Å². The van der Waals surface area contributed by atoms with Crippen molar-refractivity contribution < 1.29 is 9.53 Å². The number of aromatic nitrogens is 4. The maximum absolute atomic E-state index is 12.5. The summed E-state index contributed by atoms with van der Waals surface area (Å²) in [6, 6.07) is 1.76. The number of ketones is 1. The van der Waals surface area contributed by atoms with Crippen molar-refractivity contribution in [3.63, 3.8) is 0 Å². The second-order valence-corrected chi connectivity index (χ2v) is 4.27. The van der Waals surface area contributed by atoms with Crippen LogP contribution in [0.5, 0.6) is 5.75 Å². The average Bonchev–Trinajstić information content (AvgIpc) is 2.93. The number of rotatable bonds is 4. The molecule has 0 aliphatic heterocycles. The van der Waals surface area contributed by atoms with Gasteiger partial charge in [-0.1, -0.05) is 0 Å². The summed E-state index contributed by atoms with van der Waals surface area (Å²) in [6.07, 6.45) is 3.15. The Morgan fingerprint density at radius 2 is 2.11 bits per heavy atom. The lowest BCUT2D eigenvalue weighted by Crippen LogP contribution is -2.16. The highest BCUT2D eigenvalue weighted by molar-refractivity contribution is 6.08. The second kappa shape index (κ2) is 4.64. The van der Waals surface area contributed by atoms with Gasteiger partial charge in [0.25, 0.3) is 0 Å². The maximum atomic E-state index is 12.5. The highest BCUT2D eigenvalue weighted by Crippen LogP contribution is 2.23. The molecule has 0 N–H and O–H groups in total. The van der Waals surface area contributed by atoms with Crippen LogP contribution in [0, 0.1) is 0 Å². The van der Waals surface area contributed by atoms with Gasteiger partial charge in [-0.25, -0.2) is 0 Å². The Balaban J connectivity index is 2.53. The fourth-order valence-electron chi connectivity index (χ4n) is 1.82. The summed E-state index contributed by atoms with van der Waals surface area (Å²) in [5.74, 6) is 0.341. The largest absolute Gasteiger partial charge is 0.493 e. The molecule has 0 aromatic carbocycles. The lowest BCUT2D eigenvalue weighted by molar-refractivity contribution is 0.101. The average molecular weight is 248 g/mol. The van der Waals surface area contributed by atoms with Crippen LogP contribution in [0.15, 0.2) is 18.5 Å². The van der Waals surface area contributed by atoms with Gasteiger partial charge in [0.2, 0.25) is 5.78 Å². The molecule has 2 aromatic heterocycles. The molecule has 0 aliphatic rings. The van der Waals surface area contributed by atoms with Gasteiger partial charge in [0.05, 0.1) is 13.3 Å². The van der Waals surface area contributed by atoms with Crippen LogP contribution in [0.1, 0.15) is 36.1 Å². The van der Waals surface area contributed by atoms with E-state index in [1.54, 1.807) is 34.9 Å². The first-order valence-corrected chi connectivity index (χ1v) is 5.70. The third-order valence-corrected chi connectivity index (χ3v) is 2.74. The third-order valence-electron chi connectivity index (χ3n) is 2.74. The van der Waals surface area contributed by atoms with E-state index in [9.17, 15) is 4.79 Å². The molecule has 2 rings (SSSR count). The number of carbonyl (C=O) groups excluding carboxylic acids is 1. The molecule has 2 aromatic rings. The Hall–Kier alpha value is -2.11. The number of hydrogen-bond donors (Lipinski definition) is 0. The highest BCUT2D eigenvalue weighted by Gasteiger charge is 2.24. The smallest absolute Gasteiger partial charge is 0.232 e. The standard InChI is InChI=1S/C12H16N4O2/c1-8(2)16-11(10(18-4)7-14-16)12(17)9-5-6-13-15(9)3/h5-8H,1-4H3. The molecule has 0 fully saturated rings.